The molecule has 0 atom stereocenters. The van der Waals surface area contributed by atoms with Gasteiger partial charge in [0.15, 0.2) is 17.2 Å². The Balaban J connectivity index is 1.10. The number of phenols is 2. The molecule has 0 aliphatic heterocycles. The molecule has 0 saturated heterocycles. The van der Waals surface area contributed by atoms with E-state index in [-0.39, 0.29) is 97.4 Å². The SMILES string of the molecule is CCOc1cc(N=Nc2c(S(=O)(=O)O)cc3cc(N=Nc4c(C)[nH]n(-c5ccc6c(O)c(N=Nc7ccc(S(=O)(=O)O)cc7C(=O)O)c(S(=O)(=O)O)cc6c5)c4=O)ccc3c2O)c(OCC)cc1N=Nc1cc(C)c(S(=O)(=O)O)cc1OC. The first kappa shape index (κ1) is 59.7. The van der Waals surface area contributed by atoms with E-state index in [1.165, 1.54) is 75.6 Å². The number of methoxy groups -OCH3 is 1. The largest absolute Gasteiger partial charge is 0.505 e. The number of fused-ring (bicyclic) bond motifs is 2. The van der Waals surface area contributed by atoms with Crippen LogP contribution in [0, 0.1) is 13.8 Å². The lowest BCUT2D eigenvalue weighted by atomic mass is 10.1. The molecule has 8 rings (SSSR count). The second-order valence-corrected chi connectivity index (χ2v) is 22.9. The molecule has 1 aromatic heterocycles. The summed E-state index contributed by atoms with van der Waals surface area (Å²) in [5.41, 5.74) is -3.54. The Bertz CT molecular complexity index is 4700. The fourth-order valence-corrected chi connectivity index (χ4v) is 10.6. The van der Waals surface area contributed by atoms with Gasteiger partial charge in [-0.15, -0.1) is 35.8 Å². The van der Waals surface area contributed by atoms with Crippen LogP contribution in [0.2, 0.25) is 0 Å². The topological polar surface area (TPSA) is 460 Å². The van der Waals surface area contributed by atoms with Crippen LogP contribution in [-0.2, 0) is 40.5 Å². The Morgan fingerprint density at radius 3 is 1.54 bits per heavy atom. The summed E-state index contributed by atoms with van der Waals surface area (Å²) in [6, 6.07) is 16.8. The fourth-order valence-electron chi connectivity index (χ4n) is 8.07. The van der Waals surface area contributed by atoms with Crippen LogP contribution in [0.4, 0.5) is 45.5 Å². The van der Waals surface area contributed by atoms with E-state index in [9.17, 15) is 76.8 Å². The maximum atomic E-state index is 13.8. The number of aromatic amines is 1. The van der Waals surface area contributed by atoms with Crippen LogP contribution < -0.4 is 19.8 Å². The number of phenolic OH excluding ortho intramolecular Hbond substituents is 2. The number of hydrogen-bond donors (Lipinski definition) is 8. The minimum atomic E-state index is -5.23. The number of aryl methyl sites for hydroxylation is 2. The third-order valence-electron chi connectivity index (χ3n) is 11.9. The van der Waals surface area contributed by atoms with Crippen LogP contribution in [0.1, 0.15) is 35.5 Å². The summed E-state index contributed by atoms with van der Waals surface area (Å²) < 4.78 is 155. The second kappa shape index (κ2) is 22.8. The Morgan fingerprint density at radius 1 is 0.542 bits per heavy atom. The third-order valence-corrected chi connectivity index (χ3v) is 15.4. The van der Waals surface area contributed by atoms with Crippen molar-refractivity contribution in [1.82, 2.24) is 9.78 Å². The van der Waals surface area contributed by atoms with Crippen LogP contribution in [-0.4, -0.2) is 103 Å². The number of aromatic carboxylic acids is 1. The van der Waals surface area contributed by atoms with Crippen molar-refractivity contribution in [3.05, 3.63) is 118 Å². The molecule has 8 aromatic rings. The van der Waals surface area contributed by atoms with E-state index in [4.69, 9.17) is 14.2 Å². The van der Waals surface area contributed by atoms with Gasteiger partial charge in [-0.05, 0) is 117 Å². The van der Waals surface area contributed by atoms with Crippen molar-refractivity contribution >= 4 is 113 Å². The summed E-state index contributed by atoms with van der Waals surface area (Å²) in [4.78, 5) is 22.6. The predicted molar refractivity (Wildman–Crippen MR) is 292 cm³/mol. The molecule has 83 heavy (non-hydrogen) atoms. The smallest absolute Gasteiger partial charge is 0.338 e. The number of azo groups is 4. The van der Waals surface area contributed by atoms with Crippen molar-refractivity contribution in [2.75, 3.05) is 20.3 Å². The molecule has 0 aliphatic carbocycles. The summed E-state index contributed by atoms with van der Waals surface area (Å²) in [5.74, 6) is -3.31. The van der Waals surface area contributed by atoms with E-state index in [1.54, 1.807) is 13.8 Å². The standard InChI is InChI=1S/C49H42N10O20S4/c1-6-78-38-21-36(39(79-7-2)20-35(38)53-52-34-14-23(3)40(81(68,69)70)22-37(34)77-5)54-57-45-41(82(71,72)73)17-25-15-27(8-11-30(25)46(45)60)50-55-43-24(4)58-59(48(43)62)28-9-12-31-26(16-28)18-42(83(74,75)76)44(47(31)61)56-51-33-13-10-29(80(65,66)67)19-32(33)49(63)64/h8-22,58,60-61H,6-7H2,1-5H3,(H,63,64)(H,65,66,67)(H,68,69,70)(H,71,72,73)(H,74,75,76). The van der Waals surface area contributed by atoms with Gasteiger partial charge in [0.25, 0.3) is 46.0 Å². The van der Waals surface area contributed by atoms with Crippen molar-refractivity contribution in [2.24, 2.45) is 40.9 Å². The molecule has 0 fully saturated rings. The van der Waals surface area contributed by atoms with Crippen LogP contribution in [0.3, 0.4) is 0 Å². The van der Waals surface area contributed by atoms with Crippen molar-refractivity contribution in [1.29, 1.82) is 0 Å². The molecule has 0 radical (unpaired) electrons. The second-order valence-electron chi connectivity index (χ2n) is 17.3. The number of nitrogens with one attached hydrogen (secondary N) is 1. The molecule has 0 saturated carbocycles. The molecule has 34 heteroatoms. The maximum Gasteiger partial charge on any atom is 0.338 e. The number of benzene rings is 7. The molecule has 8 N–H and O–H groups in total. The van der Waals surface area contributed by atoms with Gasteiger partial charge in [-0.2, -0.15) is 38.8 Å². The predicted octanol–water partition coefficient (Wildman–Crippen LogP) is 10.7. The highest BCUT2D eigenvalue weighted by Crippen LogP contribution is 2.47. The maximum absolute atomic E-state index is 13.8. The molecule has 0 amide bonds. The molecule has 432 valence electrons. The summed E-state index contributed by atoms with van der Waals surface area (Å²) in [6.45, 7) is 6.36. The number of ether oxygens (including phenoxy) is 3. The van der Waals surface area contributed by atoms with Crippen LogP contribution in [0.5, 0.6) is 28.7 Å². The minimum Gasteiger partial charge on any atom is -0.505 e. The number of H-pyrrole nitrogens is 1. The highest BCUT2D eigenvalue weighted by molar-refractivity contribution is 7.86. The first-order chi connectivity index (χ1) is 38.9. The summed E-state index contributed by atoms with van der Waals surface area (Å²) in [6.07, 6.45) is 0. The number of hydrogen-bond acceptors (Lipinski definition) is 23. The summed E-state index contributed by atoms with van der Waals surface area (Å²) >= 11 is 0. The quantitative estimate of drug-likeness (QED) is 0.0275. The van der Waals surface area contributed by atoms with Gasteiger partial charge in [0.2, 0.25) is 0 Å². The third kappa shape index (κ3) is 12.6. The lowest BCUT2D eigenvalue weighted by Crippen LogP contribution is -2.14. The Morgan fingerprint density at radius 2 is 1.04 bits per heavy atom. The van der Waals surface area contributed by atoms with Crippen molar-refractivity contribution in [2.45, 2.75) is 47.3 Å². The monoisotopic (exact) mass is 1220 g/mol. The van der Waals surface area contributed by atoms with Gasteiger partial charge in [-0.25, -0.2) is 9.48 Å². The molecule has 0 spiro atoms. The first-order valence-electron chi connectivity index (χ1n) is 23.4. The Labute approximate surface area is 468 Å². The van der Waals surface area contributed by atoms with Gasteiger partial charge in [-0.1, -0.05) is 0 Å². The van der Waals surface area contributed by atoms with Gasteiger partial charge in [0, 0.05) is 29.0 Å². The molecule has 1 heterocycles. The van der Waals surface area contributed by atoms with E-state index in [0.717, 1.165) is 35.0 Å². The molecule has 0 unspecified atom stereocenters. The molecule has 0 bridgehead atoms. The fraction of sp³-hybridized carbons (Fsp3) is 0.143. The van der Waals surface area contributed by atoms with E-state index in [0.29, 0.717) is 6.07 Å². The normalized spacial score (nSPS) is 12.7. The van der Waals surface area contributed by atoms with E-state index >= 15 is 0 Å². The highest BCUT2D eigenvalue weighted by atomic mass is 32.2. The van der Waals surface area contributed by atoms with Gasteiger partial charge in [0.05, 0.1) is 47.9 Å². The zero-order valence-corrected chi connectivity index (χ0v) is 46.4. The molecule has 30 nitrogen and oxygen atoms in total. The number of carboxylic acids is 1. The van der Waals surface area contributed by atoms with E-state index in [2.05, 4.69) is 46.0 Å². The van der Waals surface area contributed by atoms with E-state index in [1.807, 2.05) is 0 Å². The van der Waals surface area contributed by atoms with Gasteiger partial charge in [0.1, 0.15) is 66.1 Å². The Hall–Kier alpha value is -9.42. The number of aromatic nitrogens is 2. The number of carbonyl (C=O) groups is 1. The zero-order chi connectivity index (χ0) is 60.7. The molecular formula is C49H42N10O20S4. The number of carboxylic acid groups (broad SMARTS) is 1. The molecule has 0 aliphatic rings. The van der Waals surface area contributed by atoms with Crippen LogP contribution >= 0.6 is 0 Å². The van der Waals surface area contributed by atoms with Gasteiger partial charge < -0.3 is 29.5 Å². The van der Waals surface area contributed by atoms with Gasteiger partial charge >= 0.3 is 5.97 Å². The lowest BCUT2D eigenvalue weighted by Gasteiger charge is -2.13. The number of aromatic hydroxyl groups is 2. The molecule has 7 aromatic carbocycles. The summed E-state index contributed by atoms with van der Waals surface area (Å²) in [5, 5.41) is 67.1. The molecular weight excluding hydrogens is 1180 g/mol. The van der Waals surface area contributed by atoms with Crippen molar-refractivity contribution < 1.29 is 86.2 Å². The van der Waals surface area contributed by atoms with Crippen LogP contribution in [0.15, 0.2) is 156 Å². The Kier molecular flexibility index (Phi) is 16.4. The van der Waals surface area contributed by atoms with Crippen molar-refractivity contribution in [3.8, 4) is 34.4 Å². The lowest BCUT2D eigenvalue weighted by molar-refractivity contribution is 0.0697. The highest BCUT2D eigenvalue weighted by Gasteiger charge is 2.26. The summed E-state index contributed by atoms with van der Waals surface area (Å²) in [7, 11) is -18.6. The van der Waals surface area contributed by atoms with E-state index < -0.39 is 106 Å². The first-order valence-corrected chi connectivity index (χ1v) is 29.2. The average Bonchev–Trinajstić information content (AvgIpc) is 3.91. The van der Waals surface area contributed by atoms with Crippen LogP contribution in [0.25, 0.3) is 27.2 Å². The van der Waals surface area contributed by atoms with Gasteiger partial charge in [-0.3, -0.25) is 28.1 Å². The average molecular weight is 1220 g/mol. The minimum absolute atomic E-state index is 0.00559. The zero-order valence-electron chi connectivity index (χ0n) is 43.2. The number of rotatable bonds is 19. The number of nitrogens with zero attached hydrogens (tertiary/aromatic N) is 9. The van der Waals surface area contributed by atoms with Crippen molar-refractivity contribution in [3.63, 3.8) is 0 Å².